The second kappa shape index (κ2) is 6.60. The van der Waals surface area contributed by atoms with Crippen molar-refractivity contribution in [2.75, 3.05) is 33.9 Å². The van der Waals surface area contributed by atoms with Crippen LogP contribution in [0, 0.1) is 11.3 Å². The minimum atomic E-state index is -0.331. The lowest BCUT2D eigenvalue weighted by Crippen LogP contribution is -2.42. The van der Waals surface area contributed by atoms with Gasteiger partial charge in [0.05, 0.1) is 33.0 Å². The summed E-state index contributed by atoms with van der Waals surface area (Å²) in [5.41, 5.74) is 0.866. The molecule has 0 unspecified atom stereocenters. The van der Waals surface area contributed by atoms with E-state index in [4.69, 9.17) is 14.2 Å². The fourth-order valence-corrected chi connectivity index (χ4v) is 2.47. The van der Waals surface area contributed by atoms with E-state index in [1.807, 2.05) is 25.1 Å². The topological polar surface area (TPSA) is 54.7 Å². The van der Waals surface area contributed by atoms with Gasteiger partial charge in [0.1, 0.15) is 17.5 Å². The Kier molecular flexibility index (Phi) is 4.83. The summed E-state index contributed by atoms with van der Waals surface area (Å²) >= 11 is 0. The number of hydrogen-bond donors (Lipinski definition) is 0. The second-order valence-corrected chi connectivity index (χ2v) is 4.82. The quantitative estimate of drug-likeness (QED) is 0.841. The predicted octanol–water partition coefficient (Wildman–Crippen LogP) is 1.99. The van der Waals surface area contributed by atoms with Crippen LogP contribution < -0.4 is 9.47 Å². The van der Waals surface area contributed by atoms with Crippen LogP contribution in [0.5, 0.6) is 11.5 Å². The summed E-state index contributed by atoms with van der Waals surface area (Å²) in [5, 5.41) is 9.55. The summed E-state index contributed by atoms with van der Waals surface area (Å²) in [4.78, 5) is 2.12. The molecule has 108 valence electrons. The van der Waals surface area contributed by atoms with Crippen LogP contribution >= 0.6 is 0 Å². The number of methoxy groups -OCH3 is 2. The van der Waals surface area contributed by atoms with Crippen molar-refractivity contribution >= 4 is 0 Å². The lowest BCUT2D eigenvalue weighted by Gasteiger charge is -2.34. The van der Waals surface area contributed by atoms with Crippen molar-refractivity contribution in [2.45, 2.75) is 19.1 Å². The summed E-state index contributed by atoms with van der Waals surface area (Å²) in [6, 6.07) is 7.60. The highest BCUT2D eigenvalue weighted by Crippen LogP contribution is 2.33. The van der Waals surface area contributed by atoms with Gasteiger partial charge in [-0.3, -0.25) is 4.90 Å². The molecule has 1 saturated heterocycles. The molecule has 1 heterocycles. The molecule has 0 aliphatic carbocycles. The Hall–Kier alpha value is -1.77. The first-order valence-electron chi connectivity index (χ1n) is 6.66. The minimum absolute atomic E-state index is 0.142. The molecule has 2 atom stereocenters. The van der Waals surface area contributed by atoms with E-state index in [2.05, 4.69) is 11.0 Å². The number of nitriles is 1. The molecular formula is C15H20N2O3. The fraction of sp³-hybridized carbons (Fsp3) is 0.533. The maximum atomic E-state index is 9.55. The molecule has 1 aromatic rings. The van der Waals surface area contributed by atoms with Crippen LogP contribution in [0.15, 0.2) is 18.2 Å². The average molecular weight is 276 g/mol. The van der Waals surface area contributed by atoms with E-state index in [0.717, 1.165) is 24.4 Å². The number of hydrogen-bond acceptors (Lipinski definition) is 5. The third kappa shape index (κ3) is 3.03. The van der Waals surface area contributed by atoms with Gasteiger partial charge in [-0.2, -0.15) is 5.26 Å². The number of morpholine rings is 1. The van der Waals surface area contributed by atoms with Crippen LogP contribution in [0.2, 0.25) is 0 Å². The maximum absolute atomic E-state index is 9.55. The largest absolute Gasteiger partial charge is 0.497 e. The SMILES string of the molecule is COc1ccc([C@@H](C#N)N2CCO[C@@H](C)C2)c(OC)c1. The summed E-state index contributed by atoms with van der Waals surface area (Å²) in [6.45, 7) is 4.16. The number of rotatable bonds is 4. The summed E-state index contributed by atoms with van der Waals surface area (Å²) in [7, 11) is 3.22. The average Bonchev–Trinajstić information content (AvgIpc) is 2.48. The third-order valence-corrected chi connectivity index (χ3v) is 3.50. The fourth-order valence-electron chi connectivity index (χ4n) is 2.47. The highest BCUT2D eigenvalue weighted by atomic mass is 16.5. The summed E-state index contributed by atoms with van der Waals surface area (Å²) in [5.74, 6) is 1.40. The molecule has 1 aliphatic heterocycles. The Morgan fingerprint density at radius 3 is 2.80 bits per heavy atom. The normalized spacial score (nSPS) is 21.0. The van der Waals surface area contributed by atoms with E-state index in [1.54, 1.807) is 14.2 Å². The Bertz CT molecular complexity index is 498. The van der Waals surface area contributed by atoms with Gasteiger partial charge in [0.25, 0.3) is 0 Å². The van der Waals surface area contributed by atoms with Gasteiger partial charge in [0, 0.05) is 24.7 Å². The second-order valence-electron chi connectivity index (χ2n) is 4.82. The van der Waals surface area contributed by atoms with Gasteiger partial charge in [-0.1, -0.05) is 0 Å². The molecule has 1 aromatic carbocycles. The first kappa shape index (κ1) is 14.6. The summed E-state index contributed by atoms with van der Waals surface area (Å²) in [6.07, 6.45) is 0.142. The highest BCUT2D eigenvalue weighted by molar-refractivity contribution is 5.44. The van der Waals surface area contributed by atoms with Crippen LogP contribution in [-0.4, -0.2) is 44.9 Å². The van der Waals surface area contributed by atoms with E-state index in [0.29, 0.717) is 12.4 Å². The summed E-state index contributed by atoms with van der Waals surface area (Å²) < 4.78 is 16.1. The smallest absolute Gasteiger partial charge is 0.128 e. The van der Waals surface area contributed by atoms with Crippen molar-refractivity contribution in [3.63, 3.8) is 0 Å². The highest BCUT2D eigenvalue weighted by Gasteiger charge is 2.27. The monoisotopic (exact) mass is 276 g/mol. The standard InChI is InChI=1S/C15H20N2O3/c1-11-10-17(6-7-20-11)14(9-16)13-5-4-12(18-2)8-15(13)19-3/h4-5,8,11,14H,6-7,10H2,1-3H3/t11-,14+/m0/s1. The van der Waals surface area contributed by atoms with Crippen molar-refractivity contribution in [3.05, 3.63) is 23.8 Å². The van der Waals surface area contributed by atoms with Gasteiger partial charge in [-0.15, -0.1) is 0 Å². The molecule has 0 saturated carbocycles. The van der Waals surface area contributed by atoms with Gasteiger partial charge >= 0.3 is 0 Å². The van der Waals surface area contributed by atoms with Crippen LogP contribution in [-0.2, 0) is 4.74 Å². The molecule has 2 rings (SSSR count). The van der Waals surface area contributed by atoms with Gasteiger partial charge in [-0.05, 0) is 19.1 Å². The Balaban J connectivity index is 2.29. The maximum Gasteiger partial charge on any atom is 0.128 e. The van der Waals surface area contributed by atoms with Crippen molar-refractivity contribution in [1.82, 2.24) is 4.90 Å². The van der Waals surface area contributed by atoms with Gasteiger partial charge in [0.15, 0.2) is 0 Å². The first-order chi connectivity index (χ1) is 9.69. The van der Waals surface area contributed by atoms with Gasteiger partial charge < -0.3 is 14.2 Å². The Labute approximate surface area is 119 Å². The first-order valence-corrected chi connectivity index (χ1v) is 6.66. The van der Waals surface area contributed by atoms with Crippen molar-refractivity contribution in [3.8, 4) is 17.6 Å². The molecule has 5 nitrogen and oxygen atoms in total. The van der Waals surface area contributed by atoms with E-state index in [1.165, 1.54) is 0 Å². The predicted molar refractivity (Wildman–Crippen MR) is 74.9 cm³/mol. The molecule has 0 amide bonds. The molecule has 1 aliphatic rings. The number of ether oxygens (including phenoxy) is 3. The van der Waals surface area contributed by atoms with Crippen molar-refractivity contribution in [1.29, 1.82) is 5.26 Å². The molecular weight excluding hydrogens is 256 g/mol. The molecule has 0 bridgehead atoms. The van der Waals surface area contributed by atoms with Crippen LogP contribution in [0.3, 0.4) is 0 Å². The Morgan fingerprint density at radius 1 is 1.40 bits per heavy atom. The van der Waals surface area contributed by atoms with Crippen LogP contribution in [0.4, 0.5) is 0 Å². The van der Waals surface area contributed by atoms with Crippen molar-refractivity contribution in [2.24, 2.45) is 0 Å². The van der Waals surface area contributed by atoms with Crippen LogP contribution in [0.25, 0.3) is 0 Å². The lowest BCUT2D eigenvalue weighted by molar-refractivity contribution is -0.0271. The lowest BCUT2D eigenvalue weighted by atomic mass is 10.0. The third-order valence-electron chi connectivity index (χ3n) is 3.50. The molecule has 5 heteroatoms. The molecule has 1 fully saturated rings. The van der Waals surface area contributed by atoms with E-state index < -0.39 is 0 Å². The van der Waals surface area contributed by atoms with Gasteiger partial charge in [0.2, 0.25) is 0 Å². The van der Waals surface area contributed by atoms with E-state index in [9.17, 15) is 5.26 Å². The Morgan fingerprint density at radius 2 is 2.20 bits per heavy atom. The zero-order chi connectivity index (χ0) is 14.5. The van der Waals surface area contributed by atoms with E-state index >= 15 is 0 Å². The number of nitrogens with zero attached hydrogens (tertiary/aromatic N) is 2. The molecule has 20 heavy (non-hydrogen) atoms. The zero-order valence-electron chi connectivity index (χ0n) is 12.1. The minimum Gasteiger partial charge on any atom is -0.497 e. The van der Waals surface area contributed by atoms with Crippen LogP contribution in [0.1, 0.15) is 18.5 Å². The molecule has 0 radical (unpaired) electrons. The number of benzene rings is 1. The van der Waals surface area contributed by atoms with E-state index in [-0.39, 0.29) is 12.1 Å². The molecule has 0 spiro atoms. The zero-order valence-corrected chi connectivity index (χ0v) is 12.1. The van der Waals surface area contributed by atoms with Gasteiger partial charge in [-0.25, -0.2) is 0 Å². The molecule has 0 aromatic heterocycles. The van der Waals surface area contributed by atoms with Crippen molar-refractivity contribution < 1.29 is 14.2 Å². The molecule has 0 N–H and O–H groups in total.